The number of hydrogen-bond donors (Lipinski definition) is 1. The third kappa shape index (κ3) is 3.17. The molecule has 0 aromatic heterocycles. The minimum atomic E-state index is -1.54. The maximum absolute atomic E-state index is 11.8. The van der Waals surface area contributed by atoms with Crippen molar-refractivity contribution in [2.45, 2.75) is 24.8 Å². The lowest BCUT2D eigenvalue weighted by Crippen LogP contribution is -2.46. The molecule has 3 atom stereocenters. The lowest BCUT2D eigenvalue weighted by molar-refractivity contribution is -0.149. The Balaban J connectivity index is 3.21. The molecule has 1 aromatic carbocycles. The molecule has 0 heterocycles. The second-order valence-corrected chi connectivity index (χ2v) is 4.77. The first-order valence-electron chi connectivity index (χ1n) is 6.19. The molecule has 19 heavy (non-hydrogen) atoms. The van der Waals surface area contributed by atoms with E-state index in [0.717, 1.165) is 0 Å². The fourth-order valence-corrected chi connectivity index (χ4v) is 2.31. The lowest BCUT2D eigenvalue weighted by atomic mass is 9.79. The number of rotatable bonds is 6. The van der Waals surface area contributed by atoms with Crippen molar-refractivity contribution < 1.29 is 14.6 Å². The van der Waals surface area contributed by atoms with Crippen molar-refractivity contribution in [1.82, 2.24) is 0 Å². The van der Waals surface area contributed by atoms with E-state index in [1.54, 1.807) is 44.2 Å². The van der Waals surface area contributed by atoms with E-state index in [2.05, 4.69) is 6.58 Å². The minimum Gasteiger partial charge on any atom is -0.465 e. The molecule has 0 aliphatic rings. The van der Waals surface area contributed by atoms with Crippen molar-refractivity contribution >= 4 is 17.6 Å². The second kappa shape index (κ2) is 6.73. The third-order valence-electron chi connectivity index (χ3n) is 3.16. The van der Waals surface area contributed by atoms with Crippen LogP contribution >= 0.6 is 11.6 Å². The van der Waals surface area contributed by atoms with Crippen LogP contribution in [0.1, 0.15) is 19.4 Å². The van der Waals surface area contributed by atoms with E-state index >= 15 is 0 Å². The van der Waals surface area contributed by atoms with Gasteiger partial charge < -0.3 is 9.84 Å². The number of esters is 1. The maximum Gasteiger partial charge on any atom is 0.327 e. The van der Waals surface area contributed by atoms with Crippen molar-refractivity contribution in [2.75, 3.05) is 6.61 Å². The zero-order valence-electron chi connectivity index (χ0n) is 11.2. The van der Waals surface area contributed by atoms with E-state index in [9.17, 15) is 9.90 Å². The molecule has 1 rings (SSSR count). The van der Waals surface area contributed by atoms with Crippen LogP contribution in [0.5, 0.6) is 0 Å². The molecular weight excluding hydrogens is 264 g/mol. The second-order valence-electron chi connectivity index (χ2n) is 4.33. The summed E-state index contributed by atoms with van der Waals surface area (Å²) in [6.45, 7) is 7.34. The Labute approximate surface area is 118 Å². The van der Waals surface area contributed by atoms with Crippen LogP contribution in [0.2, 0.25) is 0 Å². The molecule has 0 radical (unpaired) electrons. The summed E-state index contributed by atoms with van der Waals surface area (Å²) in [5.41, 5.74) is -0.980. The Hall–Kier alpha value is -1.32. The number of halogens is 1. The summed E-state index contributed by atoms with van der Waals surface area (Å²) < 4.78 is 4.90. The molecular formula is C15H19ClO3. The fraction of sp³-hybridized carbons (Fsp3) is 0.400. The molecule has 0 aliphatic heterocycles. The van der Waals surface area contributed by atoms with Crippen LogP contribution in [0.4, 0.5) is 0 Å². The van der Waals surface area contributed by atoms with E-state index in [0.29, 0.717) is 5.56 Å². The molecule has 0 amide bonds. The van der Waals surface area contributed by atoms with Crippen molar-refractivity contribution in [3.63, 3.8) is 0 Å². The monoisotopic (exact) mass is 282 g/mol. The van der Waals surface area contributed by atoms with Crippen molar-refractivity contribution in [3.05, 3.63) is 48.6 Å². The number of ether oxygens (including phenoxy) is 1. The van der Waals surface area contributed by atoms with Crippen LogP contribution in [0.15, 0.2) is 43.0 Å². The van der Waals surface area contributed by atoms with Crippen LogP contribution < -0.4 is 0 Å². The third-order valence-corrected chi connectivity index (χ3v) is 3.67. The number of alkyl halides is 1. The zero-order chi connectivity index (χ0) is 14.5. The van der Waals surface area contributed by atoms with E-state index < -0.39 is 22.9 Å². The highest BCUT2D eigenvalue weighted by atomic mass is 35.5. The van der Waals surface area contributed by atoms with Gasteiger partial charge in [-0.2, -0.15) is 0 Å². The molecule has 0 aliphatic carbocycles. The topological polar surface area (TPSA) is 46.5 Å². The van der Waals surface area contributed by atoms with E-state index in [1.807, 2.05) is 6.07 Å². The van der Waals surface area contributed by atoms with Gasteiger partial charge in [0.15, 0.2) is 5.38 Å². The zero-order valence-corrected chi connectivity index (χ0v) is 11.9. The average Bonchev–Trinajstić information content (AvgIpc) is 2.45. The van der Waals surface area contributed by atoms with Gasteiger partial charge in [0.2, 0.25) is 0 Å². The fourth-order valence-electron chi connectivity index (χ4n) is 1.92. The molecule has 4 heteroatoms. The highest BCUT2D eigenvalue weighted by Gasteiger charge is 2.46. The van der Waals surface area contributed by atoms with Crippen molar-refractivity contribution in [2.24, 2.45) is 5.92 Å². The first kappa shape index (κ1) is 15.7. The minimum absolute atomic E-state index is 0.218. The van der Waals surface area contributed by atoms with E-state index in [4.69, 9.17) is 16.3 Å². The van der Waals surface area contributed by atoms with Crippen molar-refractivity contribution in [3.8, 4) is 0 Å². The number of carbonyl (C=O) groups excluding carboxylic acids is 1. The Morgan fingerprint density at radius 2 is 2.11 bits per heavy atom. The van der Waals surface area contributed by atoms with Gasteiger partial charge in [0, 0.05) is 5.92 Å². The Morgan fingerprint density at radius 1 is 1.53 bits per heavy atom. The normalized spacial score (nSPS) is 17.1. The Morgan fingerprint density at radius 3 is 2.58 bits per heavy atom. The summed E-state index contributed by atoms with van der Waals surface area (Å²) in [7, 11) is 0. The smallest absolute Gasteiger partial charge is 0.327 e. The number of benzene rings is 1. The molecule has 0 saturated carbocycles. The van der Waals surface area contributed by atoms with Crippen LogP contribution in [-0.4, -0.2) is 23.1 Å². The number of aliphatic hydroxyl groups is 1. The molecule has 104 valence electrons. The Kier molecular flexibility index (Phi) is 5.58. The summed E-state index contributed by atoms with van der Waals surface area (Å²) in [5, 5.41) is 9.72. The van der Waals surface area contributed by atoms with Crippen LogP contribution in [-0.2, 0) is 15.1 Å². The molecule has 0 spiro atoms. The van der Waals surface area contributed by atoms with Gasteiger partial charge in [0.05, 0.1) is 6.61 Å². The van der Waals surface area contributed by atoms with E-state index in [-0.39, 0.29) is 6.61 Å². The average molecular weight is 283 g/mol. The van der Waals surface area contributed by atoms with Gasteiger partial charge in [-0.15, -0.1) is 18.2 Å². The SMILES string of the molecule is C=CC(C)C(O)(c1ccccc1)C(Cl)C(=O)OCC. The summed E-state index contributed by atoms with van der Waals surface area (Å²) in [6, 6.07) is 8.86. The predicted molar refractivity (Wildman–Crippen MR) is 76.0 cm³/mol. The van der Waals surface area contributed by atoms with Gasteiger partial charge in [0.25, 0.3) is 0 Å². The predicted octanol–water partition coefficient (Wildman–Crippen LogP) is 2.87. The number of hydrogen-bond acceptors (Lipinski definition) is 3. The first-order valence-corrected chi connectivity index (χ1v) is 6.63. The first-order chi connectivity index (χ1) is 8.98. The standard InChI is InChI=1S/C15H19ClO3/c1-4-11(3)15(18,12-9-7-6-8-10-12)13(16)14(17)19-5-2/h4,6-11,13,18H,1,5H2,2-3H3. The van der Waals surface area contributed by atoms with Crippen LogP contribution in [0.3, 0.4) is 0 Å². The highest BCUT2D eigenvalue weighted by molar-refractivity contribution is 6.30. The van der Waals surface area contributed by atoms with Gasteiger partial charge in [-0.1, -0.05) is 43.3 Å². The summed E-state index contributed by atoms with van der Waals surface area (Å²) >= 11 is 6.15. The molecule has 1 N–H and O–H groups in total. The van der Waals surface area contributed by atoms with Gasteiger partial charge >= 0.3 is 5.97 Å². The summed E-state index contributed by atoms with van der Waals surface area (Å²) in [5.74, 6) is -1.04. The van der Waals surface area contributed by atoms with Crippen molar-refractivity contribution in [1.29, 1.82) is 0 Å². The van der Waals surface area contributed by atoms with Gasteiger partial charge in [-0.05, 0) is 12.5 Å². The molecule has 3 nitrogen and oxygen atoms in total. The van der Waals surface area contributed by atoms with Gasteiger partial charge in [-0.3, -0.25) is 4.79 Å². The molecule has 1 aromatic rings. The van der Waals surface area contributed by atoms with Crippen LogP contribution in [0, 0.1) is 5.92 Å². The van der Waals surface area contributed by atoms with Gasteiger partial charge in [0.1, 0.15) is 5.60 Å². The quantitative estimate of drug-likeness (QED) is 0.496. The molecule has 0 saturated heterocycles. The highest BCUT2D eigenvalue weighted by Crippen LogP contribution is 2.37. The Bertz CT molecular complexity index is 432. The molecule has 0 bridgehead atoms. The lowest BCUT2D eigenvalue weighted by Gasteiger charge is -2.35. The number of carbonyl (C=O) groups is 1. The largest absolute Gasteiger partial charge is 0.465 e. The molecule has 3 unspecified atom stereocenters. The maximum atomic E-state index is 11.8. The molecule has 0 fully saturated rings. The summed E-state index contributed by atoms with van der Waals surface area (Å²) in [6.07, 6.45) is 1.57. The summed E-state index contributed by atoms with van der Waals surface area (Å²) in [4.78, 5) is 11.8. The van der Waals surface area contributed by atoms with Crippen LogP contribution in [0.25, 0.3) is 0 Å². The van der Waals surface area contributed by atoms with Gasteiger partial charge in [-0.25, -0.2) is 0 Å². The van der Waals surface area contributed by atoms with E-state index in [1.165, 1.54) is 0 Å².